The second kappa shape index (κ2) is 14.3. The molecule has 2 amide bonds. The van der Waals surface area contributed by atoms with Gasteiger partial charge < -0.3 is 34.3 Å². The van der Waals surface area contributed by atoms with Crippen molar-refractivity contribution in [3.05, 3.63) is 59.7 Å². The molecule has 2 aromatic carbocycles. The molecule has 2 N–H and O–H groups in total. The first-order valence-corrected chi connectivity index (χ1v) is 12.6. The average molecular weight is 529 g/mol. The third-order valence-corrected chi connectivity index (χ3v) is 6.22. The second-order valence-corrected chi connectivity index (χ2v) is 9.16. The molecule has 3 atom stereocenters. The van der Waals surface area contributed by atoms with Gasteiger partial charge in [0, 0.05) is 32.2 Å². The van der Waals surface area contributed by atoms with Crippen molar-refractivity contribution in [1.29, 1.82) is 0 Å². The van der Waals surface area contributed by atoms with Crippen LogP contribution >= 0.6 is 0 Å². The number of rotatable bonds is 13. The fraction of sp³-hybridized carbons (Fsp3) is 0.464. The summed E-state index contributed by atoms with van der Waals surface area (Å²) in [6, 6.07) is 12.7. The lowest BCUT2D eigenvalue weighted by atomic mass is 10.1. The van der Waals surface area contributed by atoms with Crippen molar-refractivity contribution in [2.75, 3.05) is 34.0 Å². The Kier molecular flexibility index (Phi) is 10.9. The number of ether oxygens (including phenoxy) is 4. The van der Waals surface area contributed by atoms with Gasteiger partial charge in [0.1, 0.15) is 23.6 Å². The SMILES string of the molecule is COC(=O)[C@@H]1C[C@@H](OCCCOCc2ccccc2)CN1C(=O)[C@H](C)NC(=O)Cc1cc(O)cc(OC)c1. The van der Waals surface area contributed by atoms with Gasteiger partial charge in [-0.3, -0.25) is 9.59 Å². The first-order valence-electron chi connectivity index (χ1n) is 12.6. The molecule has 0 unspecified atom stereocenters. The zero-order valence-electron chi connectivity index (χ0n) is 22.1. The number of carbonyl (C=O) groups excluding carboxylic acids is 3. The van der Waals surface area contributed by atoms with E-state index in [0.717, 1.165) is 5.56 Å². The minimum absolute atomic E-state index is 0.0249. The van der Waals surface area contributed by atoms with Crippen LogP contribution < -0.4 is 10.1 Å². The van der Waals surface area contributed by atoms with Crippen molar-refractivity contribution < 1.29 is 38.4 Å². The van der Waals surface area contributed by atoms with Gasteiger partial charge in [0.05, 0.1) is 33.4 Å². The first-order chi connectivity index (χ1) is 18.3. The fourth-order valence-corrected chi connectivity index (χ4v) is 4.35. The molecular weight excluding hydrogens is 492 g/mol. The molecular formula is C28H36N2O8. The van der Waals surface area contributed by atoms with Crippen LogP contribution in [-0.4, -0.2) is 80.0 Å². The Morgan fingerprint density at radius 2 is 1.84 bits per heavy atom. The predicted octanol–water partition coefficient (Wildman–Crippen LogP) is 2.21. The lowest BCUT2D eigenvalue weighted by Gasteiger charge is -2.26. The number of carbonyl (C=O) groups is 3. The highest BCUT2D eigenvalue weighted by atomic mass is 16.5. The molecule has 38 heavy (non-hydrogen) atoms. The molecule has 3 rings (SSSR count). The largest absolute Gasteiger partial charge is 0.508 e. The van der Waals surface area contributed by atoms with Crippen LogP contribution in [0, 0.1) is 0 Å². The summed E-state index contributed by atoms with van der Waals surface area (Å²) in [5.41, 5.74) is 1.64. The number of esters is 1. The Balaban J connectivity index is 1.48. The molecule has 0 saturated carbocycles. The molecule has 1 fully saturated rings. The zero-order chi connectivity index (χ0) is 27.5. The highest BCUT2D eigenvalue weighted by molar-refractivity contribution is 5.91. The molecule has 1 heterocycles. The number of likely N-dealkylation sites (tertiary alicyclic amines) is 1. The summed E-state index contributed by atoms with van der Waals surface area (Å²) < 4.78 is 21.6. The minimum Gasteiger partial charge on any atom is -0.508 e. The molecule has 1 saturated heterocycles. The molecule has 206 valence electrons. The van der Waals surface area contributed by atoms with Crippen LogP contribution in [-0.2, 0) is 41.6 Å². The molecule has 2 aromatic rings. The fourth-order valence-electron chi connectivity index (χ4n) is 4.35. The van der Waals surface area contributed by atoms with Crippen LogP contribution in [0.5, 0.6) is 11.5 Å². The van der Waals surface area contributed by atoms with Gasteiger partial charge in [-0.15, -0.1) is 0 Å². The number of methoxy groups -OCH3 is 2. The molecule has 0 aliphatic carbocycles. The smallest absolute Gasteiger partial charge is 0.328 e. The third kappa shape index (κ3) is 8.46. The summed E-state index contributed by atoms with van der Waals surface area (Å²) in [5.74, 6) is -0.942. The third-order valence-electron chi connectivity index (χ3n) is 6.22. The van der Waals surface area contributed by atoms with E-state index >= 15 is 0 Å². The average Bonchev–Trinajstić information content (AvgIpc) is 3.33. The molecule has 10 heteroatoms. The van der Waals surface area contributed by atoms with Gasteiger partial charge >= 0.3 is 5.97 Å². The monoisotopic (exact) mass is 528 g/mol. The van der Waals surface area contributed by atoms with Gasteiger partial charge in [0.25, 0.3) is 0 Å². The van der Waals surface area contributed by atoms with Gasteiger partial charge in [0.15, 0.2) is 0 Å². The summed E-state index contributed by atoms with van der Waals surface area (Å²) in [4.78, 5) is 39.6. The highest BCUT2D eigenvalue weighted by Crippen LogP contribution is 2.24. The van der Waals surface area contributed by atoms with E-state index in [9.17, 15) is 19.5 Å². The number of phenols is 1. The van der Waals surface area contributed by atoms with Crippen LogP contribution in [0.15, 0.2) is 48.5 Å². The van der Waals surface area contributed by atoms with E-state index < -0.39 is 29.9 Å². The summed E-state index contributed by atoms with van der Waals surface area (Å²) in [5, 5.41) is 12.5. The number of nitrogens with zero attached hydrogens (tertiary/aromatic N) is 1. The van der Waals surface area contributed by atoms with E-state index in [1.165, 1.54) is 31.3 Å². The Hall–Kier alpha value is -3.63. The van der Waals surface area contributed by atoms with Crippen molar-refractivity contribution in [2.45, 2.75) is 51.0 Å². The number of hydrogen-bond acceptors (Lipinski definition) is 8. The maximum Gasteiger partial charge on any atom is 0.328 e. The second-order valence-electron chi connectivity index (χ2n) is 9.16. The first kappa shape index (κ1) is 28.9. The van der Waals surface area contributed by atoms with Crippen molar-refractivity contribution in [1.82, 2.24) is 10.2 Å². The van der Waals surface area contributed by atoms with Crippen molar-refractivity contribution in [3.63, 3.8) is 0 Å². The summed E-state index contributed by atoms with van der Waals surface area (Å²) in [6.07, 6.45) is 0.597. The maximum absolute atomic E-state index is 13.2. The van der Waals surface area contributed by atoms with Crippen LogP contribution in [0.25, 0.3) is 0 Å². The lowest BCUT2D eigenvalue weighted by molar-refractivity contribution is -0.151. The Bertz CT molecular complexity index is 1080. The predicted molar refractivity (Wildman–Crippen MR) is 139 cm³/mol. The number of phenolic OH excluding ortho intramolecular Hbond substituents is 1. The number of nitrogens with one attached hydrogen (secondary N) is 1. The van der Waals surface area contributed by atoms with Gasteiger partial charge in [-0.1, -0.05) is 30.3 Å². The molecule has 0 spiro atoms. The van der Waals surface area contributed by atoms with E-state index in [1.54, 1.807) is 13.0 Å². The van der Waals surface area contributed by atoms with Crippen LogP contribution in [0.1, 0.15) is 30.9 Å². The van der Waals surface area contributed by atoms with Gasteiger partial charge in [-0.2, -0.15) is 0 Å². The lowest BCUT2D eigenvalue weighted by Crippen LogP contribution is -2.51. The van der Waals surface area contributed by atoms with E-state index in [1.807, 2.05) is 30.3 Å². The molecule has 0 aromatic heterocycles. The Morgan fingerprint density at radius 3 is 2.55 bits per heavy atom. The van der Waals surface area contributed by atoms with Crippen molar-refractivity contribution in [2.24, 2.45) is 0 Å². The minimum atomic E-state index is -0.876. The van der Waals surface area contributed by atoms with E-state index in [4.69, 9.17) is 18.9 Å². The molecule has 1 aliphatic rings. The highest BCUT2D eigenvalue weighted by Gasteiger charge is 2.42. The van der Waals surface area contributed by atoms with Crippen molar-refractivity contribution >= 4 is 17.8 Å². The van der Waals surface area contributed by atoms with Crippen molar-refractivity contribution in [3.8, 4) is 11.5 Å². The normalized spacial score (nSPS) is 17.6. The summed E-state index contributed by atoms with van der Waals surface area (Å²) >= 11 is 0. The van der Waals surface area contributed by atoms with E-state index in [-0.39, 0.29) is 24.8 Å². The standard InChI is InChI=1S/C28H36N2O8/c1-19(29-26(32)14-21-12-22(31)15-23(13-21)35-2)27(33)30-17-24(16-25(30)28(34)36-3)38-11-7-10-37-18-20-8-5-4-6-9-20/h4-6,8-9,12-13,15,19,24-25,31H,7,10-11,14,16-18H2,1-3H3,(H,29,32)/t19-,24+,25-/m0/s1. The van der Waals surface area contributed by atoms with Crippen LogP contribution in [0.2, 0.25) is 0 Å². The van der Waals surface area contributed by atoms with Gasteiger partial charge in [-0.25, -0.2) is 4.79 Å². The maximum atomic E-state index is 13.2. The summed E-state index contributed by atoms with van der Waals surface area (Å²) in [7, 11) is 2.74. The topological polar surface area (TPSA) is 124 Å². The number of hydrogen-bond donors (Lipinski definition) is 2. The van der Waals surface area contributed by atoms with Gasteiger partial charge in [0.2, 0.25) is 11.8 Å². The van der Waals surface area contributed by atoms with E-state index in [2.05, 4.69) is 5.32 Å². The molecule has 0 radical (unpaired) electrons. The van der Waals surface area contributed by atoms with Gasteiger partial charge in [-0.05, 0) is 36.6 Å². The Morgan fingerprint density at radius 1 is 1.08 bits per heavy atom. The quantitative estimate of drug-likeness (QED) is 0.300. The number of amides is 2. The zero-order valence-corrected chi connectivity index (χ0v) is 22.1. The molecule has 10 nitrogen and oxygen atoms in total. The van der Waals surface area contributed by atoms with Crippen LogP contribution in [0.3, 0.4) is 0 Å². The molecule has 0 bridgehead atoms. The van der Waals surface area contributed by atoms with E-state index in [0.29, 0.717) is 44.0 Å². The summed E-state index contributed by atoms with van der Waals surface area (Å²) in [6.45, 7) is 3.26. The Labute approximate surface area is 222 Å². The van der Waals surface area contributed by atoms with Crippen LogP contribution in [0.4, 0.5) is 0 Å². The molecule has 1 aliphatic heterocycles. The number of aromatic hydroxyl groups is 1. The number of benzene rings is 2.